The smallest absolute Gasteiger partial charge is 0.217 e. The predicted octanol–water partition coefficient (Wildman–Crippen LogP) is -1.11. The number of azide groups is 1. The maximum Gasteiger partial charge on any atom is 0.217 e. The van der Waals surface area contributed by atoms with Gasteiger partial charge in [-0.1, -0.05) is 5.11 Å². The number of rotatable bonds is 4. The zero-order chi connectivity index (χ0) is 13.7. The van der Waals surface area contributed by atoms with Crippen molar-refractivity contribution in [3.63, 3.8) is 0 Å². The summed E-state index contributed by atoms with van der Waals surface area (Å²) in [6.45, 7) is 1.14. The van der Waals surface area contributed by atoms with Crippen molar-refractivity contribution in [2.75, 3.05) is 13.7 Å². The van der Waals surface area contributed by atoms with E-state index in [-0.39, 0.29) is 12.5 Å². The van der Waals surface area contributed by atoms with Crippen LogP contribution in [0.15, 0.2) is 5.11 Å². The molecule has 0 bridgehead atoms. The molecule has 0 aliphatic carbocycles. The highest BCUT2D eigenvalue weighted by atomic mass is 16.7. The van der Waals surface area contributed by atoms with Crippen molar-refractivity contribution in [2.45, 2.75) is 37.6 Å². The second-order valence-corrected chi connectivity index (χ2v) is 3.90. The van der Waals surface area contributed by atoms with E-state index in [0.29, 0.717) is 0 Å². The molecule has 1 aliphatic heterocycles. The summed E-state index contributed by atoms with van der Waals surface area (Å²) in [7, 11) is 1.34. The van der Waals surface area contributed by atoms with Crippen LogP contribution in [0, 0.1) is 0 Å². The Labute approximate surface area is 103 Å². The topological polar surface area (TPSA) is 137 Å². The Kier molecular flexibility index (Phi) is 5.32. The van der Waals surface area contributed by atoms with Crippen LogP contribution in [0.5, 0.6) is 0 Å². The molecule has 102 valence electrons. The van der Waals surface area contributed by atoms with Gasteiger partial charge in [-0.15, -0.1) is 0 Å². The van der Waals surface area contributed by atoms with Gasteiger partial charge in [-0.3, -0.25) is 4.79 Å². The highest BCUT2D eigenvalue weighted by molar-refractivity contribution is 5.73. The normalized spacial score (nSPS) is 35.7. The summed E-state index contributed by atoms with van der Waals surface area (Å²) >= 11 is 0. The van der Waals surface area contributed by atoms with Crippen molar-refractivity contribution in [1.82, 2.24) is 5.32 Å². The summed E-state index contributed by atoms with van der Waals surface area (Å²) in [6.07, 6.45) is -4.36. The van der Waals surface area contributed by atoms with Crippen molar-refractivity contribution in [2.24, 2.45) is 5.11 Å². The fourth-order valence-electron chi connectivity index (χ4n) is 1.79. The fourth-order valence-corrected chi connectivity index (χ4v) is 1.79. The Bertz CT molecular complexity index is 344. The van der Waals surface area contributed by atoms with Crippen LogP contribution < -0.4 is 5.32 Å². The fraction of sp³-hybridized carbons (Fsp3) is 0.889. The molecule has 0 radical (unpaired) electrons. The third-order valence-corrected chi connectivity index (χ3v) is 2.63. The molecule has 0 aromatic carbocycles. The number of ether oxygens (including phenoxy) is 2. The van der Waals surface area contributed by atoms with Crippen molar-refractivity contribution >= 4 is 5.91 Å². The molecule has 5 atom stereocenters. The van der Waals surface area contributed by atoms with Gasteiger partial charge in [0.1, 0.15) is 18.2 Å². The lowest BCUT2D eigenvalue weighted by Gasteiger charge is -2.41. The van der Waals surface area contributed by atoms with Gasteiger partial charge in [-0.05, 0) is 5.53 Å². The van der Waals surface area contributed by atoms with Crippen molar-refractivity contribution in [3.05, 3.63) is 10.4 Å². The van der Waals surface area contributed by atoms with E-state index in [1.165, 1.54) is 14.0 Å². The molecule has 9 nitrogen and oxygen atoms in total. The Morgan fingerprint density at radius 1 is 1.56 bits per heavy atom. The van der Waals surface area contributed by atoms with Crippen LogP contribution in [-0.4, -0.2) is 60.4 Å². The second-order valence-electron chi connectivity index (χ2n) is 3.90. The second kappa shape index (κ2) is 6.53. The van der Waals surface area contributed by atoms with Gasteiger partial charge in [0, 0.05) is 18.9 Å². The molecular weight excluding hydrogens is 244 g/mol. The number of aliphatic hydroxyl groups is 2. The number of amides is 1. The molecule has 1 amide bonds. The van der Waals surface area contributed by atoms with Gasteiger partial charge in [0.05, 0.1) is 12.6 Å². The van der Waals surface area contributed by atoms with Crippen LogP contribution in [-0.2, 0) is 14.3 Å². The van der Waals surface area contributed by atoms with E-state index in [1.807, 2.05) is 0 Å². The zero-order valence-electron chi connectivity index (χ0n) is 10.1. The third kappa shape index (κ3) is 3.31. The largest absolute Gasteiger partial charge is 0.388 e. The molecular formula is C9H16N4O5. The van der Waals surface area contributed by atoms with Gasteiger partial charge < -0.3 is 25.0 Å². The van der Waals surface area contributed by atoms with Gasteiger partial charge in [0.15, 0.2) is 6.29 Å². The molecule has 1 unspecified atom stereocenters. The van der Waals surface area contributed by atoms with Crippen LogP contribution in [0.4, 0.5) is 0 Å². The van der Waals surface area contributed by atoms with Gasteiger partial charge in [-0.25, -0.2) is 0 Å². The van der Waals surface area contributed by atoms with Crippen LogP contribution in [0.1, 0.15) is 6.92 Å². The SMILES string of the molecule is COC1O[C@H](CN=[N+]=[N-])[C@H](O)[C@H](O)[C@H]1NC(C)=O. The quantitative estimate of drug-likeness (QED) is 0.334. The van der Waals surface area contributed by atoms with Crippen LogP contribution in [0.2, 0.25) is 0 Å². The summed E-state index contributed by atoms with van der Waals surface area (Å²) in [6, 6.07) is -0.884. The molecule has 1 fully saturated rings. The van der Waals surface area contributed by atoms with E-state index in [9.17, 15) is 15.0 Å². The molecule has 1 rings (SSSR count). The average molecular weight is 260 g/mol. The highest BCUT2D eigenvalue weighted by Gasteiger charge is 2.44. The molecule has 0 aromatic heterocycles. The van der Waals surface area contributed by atoms with Crippen molar-refractivity contribution < 1.29 is 24.5 Å². The minimum atomic E-state index is -1.28. The molecule has 1 saturated heterocycles. The first kappa shape index (κ1) is 14.7. The minimum Gasteiger partial charge on any atom is -0.388 e. The van der Waals surface area contributed by atoms with Crippen molar-refractivity contribution in [3.8, 4) is 0 Å². The maximum absolute atomic E-state index is 11.0. The number of methoxy groups -OCH3 is 1. The zero-order valence-corrected chi connectivity index (χ0v) is 10.1. The Balaban J connectivity index is 2.79. The van der Waals surface area contributed by atoms with Crippen LogP contribution >= 0.6 is 0 Å². The first-order chi connectivity index (χ1) is 8.51. The minimum absolute atomic E-state index is 0.138. The first-order valence-electron chi connectivity index (χ1n) is 5.33. The molecule has 18 heavy (non-hydrogen) atoms. The number of carbonyl (C=O) groups is 1. The monoisotopic (exact) mass is 260 g/mol. The van der Waals surface area contributed by atoms with E-state index < -0.39 is 30.6 Å². The van der Waals surface area contributed by atoms with Crippen molar-refractivity contribution in [1.29, 1.82) is 0 Å². The summed E-state index contributed by atoms with van der Waals surface area (Å²) < 4.78 is 10.3. The number of hydrogen-bond donors (Lipinski definition) is 3. The first-order valence-corrected chi connectivity index (χ1v) is 5.33. The van der Waals surface area contributed by atoms with Gasteiger partial charge in [-0.2, -0.15) is 0 Å². The number of nitrogens with zero attached hydrogens (tertiary/aromatic N) is 3. The molecule has 1 aliphatic rings. The van der Waals surface area contributed by atoms with E-state index in [1.54, 1.807) is 0 Å². The Morgan fingerprint density at radius 2 is 2.22 bits per heavy atom. The number of nitrogens with one attached hydrogen (secondary N) is 1. The van der Waals surface area contributed by atoms with Gasteiger partial charge >= 0.3 is 0 Å². The Morgan fingerprint density at radius 3 is 2.72 bits per heavy atom. The molecule has 1 heterocycles. The molecule has 3 N–H and O–H groups in total. The van der Waals surface area contributed by atoms with Crippen LogP contribution in [0.25, 0.3) is 10.4 Å². The molecule has 0 aromatic rings. The number of carbonyl (C=O) groups excluding carboxylic acids is 1. The van der Waals surface area contributed by atoms with E-state index >= 15 is 0 Å². The van der Waals surface area contributed by atoms with E-state index in [2.05, 4.69) is 15.3 Å². The molecule has 0 spiro atoms. The third-order valence-electron chi connectivity index (χ3n) is 2.63. The number of aliphatic hydroxyl groups excluding tert-OH is 2. The van der Waals surface area contributed by atoms with Gasteiger partial charge in [0.2, 0.25) is 5.91 Å². The molecule has 0 saturated carbocycles. The summed E-state index contributed by atoms with van der Waals surface area (Å²) in [5, 5.41) is 25.4. The predicted molar refractivity (Wildman–Crippen MR) is 59.3 cm³/mol. The lowest BCUT2D eigenvalue weighted by molar-refractivity contribution is -0.253. The van der Waals surface area contributed by atoms with E-state index in [4.69, 9.17) is 15.0 Å². The van der Waals surface area contributed by atoms with E-state index in [0.717, 1.165) is 0 Å². The summed E-state index contributed by atoms with van der Waals surface area (Å²) in [5.41, 5.74) is 8.21. The molecule has 9 heteroatoms. The lowest BCUT2D eigenvalue weighted by atomic mass is 9.96. The average Bonchev–Trinajstić information content (AvgIpc) is 2.34. The summed E-state index contributed by atoms with van der Waals surface area (Å²) in [4.78, 5) is 13.5. The van der Waals surface area contributed by atoms with Crippen LogP contribution in [0.3, 0.4) is 0 Å². The highest BCUT2D eigenvalue weighted by Crippen LogP contribution is 2.22. The lowest BCUT2D eigenvalue weighted by Crippen LogP contribution is -2.64. The summed E-state index contributed by atoms with van der Waals surface area (Å²) in [5.74, 6) is -0.384. The standard InChI is InChI=1S/C9H16N4O5/c1-4(14)12-6-8(16)7(15)5(3-11-13-10)18-9(6)17-2/h5-9,15-16H,3H2,1-2H3,(H,12,14)/t5-,6-,7+,8-,9?/m1/s1. The Hall–Kier alpha value is -1.38. The number of hydrogen-bond acceptors (Lipinski definition) is 6. The maximum atomic E-state index is 11.0. The van der Waals surface area contributed by atoms with Gasteiger partial charge in [0.25, 0.3) is 0 Å².